The SMILES string of the molecule is CC(C)(C)OC(=O)NC(=N)N(Cc1ccc(C=O)cc1)C(=O)OC(C)(C)C. The van der Waals surface area contributed by atoms with E-state index in [0.29, 0.717) is 17.4 Å². The number of carbonyl (C=O) groups excluding carboxylic acids is 3. The molecule has 8 nitrogen and oxygen atoms in total. The molecule has 0 heterocycles. The van der Waals surface area contributed by atoms with Crippen LogP contribution >= 0.6 is 0 Å². The van der Waals surface area contributed by atoms with E-state index in [4.69, 9.17) is 14.9 Å². The van der Waals surface area contributed by atoms with Crippen molar-refractivity contribution in [2.24, 2.45) is 0 Å². The Balaban J connectivity index is 2.98. The van der Waals surface area contributed by atoms with Crippen LogP contribution in [0.2, 0.25) is 0 Å². The van der Waals surface area contributed by atoms with Crippen LogP contribution in [0.15, 0.2) is 24.3 Å². The summed E-state index contributed by atoms with van der Waals surface area (Å²) >= 11 is 0. The van der Waals surface area contributed by atoms with Crippen molar-refractivity contribution in [3.8, 4) is 0 Å². The Hall–Kier alpha value is -2.90. The maximum Gasteiger partial charge on any atom is 0.417 e. The van der Waals surface area contributed by atoms with Gasteiger partial charge in [0.05, 0.1) is 6.54 Å². The summed E-state index contributed by atoms with van der Waals surface area (Å²) in [6.45, 7) is 10.2. The summed E-state index contributed by atoms with van der Waals surface area (Å²) in [4.78, 5) is 36.2. The van der Waals surface area contributed by atoms with Crippen LogP contribution in [-0.2, 0) is 16.0 Å². The third kappa shape index (κ3) is 8.35. The van der Waals surface area contributed by atoms with Gasteiger partial charge in [-0.15, -0.1) is 0 Å². The van der Waals surface area contributed by atoms with Crippen molar-refractivity contribution >= 4 is 24.4 Å². The molecule has 0 aromatic heterocycles. The molecule has 1 rings (SSSR count). The second-order valence-corrected chi connectivity index (χ2v) is 7.90. The lowest BCUT2D eigenvalue weighted by Crippen LogP contribution is -2.49. The van der Waals surface area contributed by atoms with E-state index in [1.807, 2.05) is 0 Å². The average Bonchev–Trinajstić information content (AvgIpc) is 2.49. The Kier molecular flexibility index (Phi) is 7.10. The van der Waals surface area contributed by atoms with Crippen molar-refractivity contribution in [1.82, 2.24) is 10.2 Å². The van der Waals surface area contributed by atoms with Crippen LogP contribution in [0.25, 0.3) is 0 Å². The minimum Gasteiger partial charge on any atom is -0.444 e. The molecule has 8 heteroatoms. The summed E-state index contributed by atoms with van der Waals surface area (Å²) in [7, 11) is 0. The first-order chi connectivity index (χ1) is 12.3. The largest absolute Gasteiger partial charge is 0.444 e. The molecule has 0 saturated carbocycles. The number of guanidine groups is 1. The molecule has 0 bridgehead atoms. The quantitative estimate of drug-likeness (QED) is 0.474. The Morgan fingerprint density at radius 3 is 2.00 bits per heavy atom. The number of nitrogens with zero attached hydrogens (tertiary/aromatic N) is 1. The predicted octanol–water partition coefficient (Wildman–Crippen LogP) is 3.70. The first-order valence-electron chi connectivity index (χ1n) is 8.44. The van der Waals surface area contributed by atoms with Crippen LogP contribution in [-0.4, -0.2) is 40.5 Å². The smallest absolute Gasteiger partial charge is 0.417 e. The van der Waals surface area contributed by atoms with E-state index in [0.717, 1.165) is 4.90 Å². The van der Waals surface area contributed by atoms with E-state index in [-0.39, 0.29) is 6.54 Å². The lowest BCUT2D eigenvalue weighted by atomic mass is 10.1. The number of rotatable bonds is 3. The monoisotopic (exact) mass is 377 g/mol. The molecule has 0 aliphatic heterocycles. The summed E-state index contributed by atoms with van der Waals surface area (Å²) in [5, 5.41) is 10.3. The number of carbonyl (C=O) groups is 3. The zero-order chi connectivity index (χ0) is 20.8. The predicted molar refractivity (Wildman–Crippen MR) is 101 cm³/mol. The van der Waals surface area contributed by atoms with E-state index in [9.17, 15) is 14.4 Å². The number of hydrogen-bond donors (Lipinski definition) is 2. The molecule has 0 fully saturated rings. The number of nitrogens with one attached hydrogen (secondary N) is 2. The van der Waals surface area contributed by atoms with E-state index >= 15 is 0 Å². The summed E-state index contributed by atoms with van der Waals surface area (Å²) in [5.41, 5.74) is -0.374. The molecule has 0 radical (unpaired) electrons. The minimum absolute atomic E-state index is 0.0251. The van der Waals surface area contributed by atoms with Crippen molar-refractivity contribution in [1.29, 1.82) is 5.41 Å². The molecule has 2 amide bonds. The standard InChI is InChI=1S/C19H27N3O5/c1-18(2,3)26-16(24)21-15(20)22(17(25)27-19(4,5)6)11-13-7-9-14(12-23)10-8-13/h7-10,12H,11H2,1-6H3,(H2,20,21,24). The van der Waals surface area contributed by atoms with E-state index < -0.39 is 29.3 Å². The molecule has 27 heavy (non-hydrogen) atoms. The fourth-order valence-electron chi connectivity index (χ4n) is 1.90. The maximum absolute atomic E-state index is 12.5. The molecule has 1 aromatic carbocycles. The first kappa shape index (κ1) is 22.1. The Bertz CT molecular complexity index is 700. The zero-order valence-corrected chi connectivity index (χ0v) is 16.6. The van der Waals surface area contributed by atoms with Crippen LogP contribution in [0.5, 0.6) is 0 Å². The summed E-state index contributed by atoms with van der Waals surface area (Å²) < 4.78 is 10.4. The number of aldehydes is 1. The number of amides is 2. The fourth-order valence-corrected chi connectivity index (χ4v) is 1.90. The Labute approximate surface area is 159 Å². The maximum atomic E-state index is 12.5. The molecule has 0 spiro atoms. The van der Waals surface area contributed by atoms with Crippen molar-refractivity contribution in [2.75, 3.05) is 0 Å². The van der Waals surface area contributed by atoms with Crippen molar-refractivity contribution in [3.63, 3.8) is 0 Å². The number of hydrogen-bond acceptors (Lipinski definition) is 6. The normalized spacial score (nSPS) is 11.3. The lowest BCUT2D eigenvalue weighted by Gasteiger charge is -2.28. The average molecular weight is 377 g/mol. The van der Waals surface area contributed by atoms with Gasteiger partial charge >= 0.3 is 12.2 Å². The van der Waals surface area contributed by atoms with Gasteiger partial charge in [0.25, 0.3) is 0 Å². The second kappa shape index (κ2) is 8.66. The number of ether oxygens (including phenoxy) is 2. The highest BCUT2D eigenvalue weighted by Gasteiger charge is 2.27. The summed E-state index contributed by atoms with van der Waals surface area (Å²) in [5.74, 6) is -0.474. The summed E-state index contributed by atoms with van der Waals surface area (Å²) in [6.07, 6.45) is -0.929. The van der Waals surface area contributed by atoms with Gasteiger partial charge in [-0.05, 0) is 47.1 Å². The topological polar surface area (TPSA) is 109 Å². The Morgan fingerprint density at radius 1 is 1.04 bits per heavy atom. The van der Waals surface area contributed by atoms with Crippen molar-refractivity contribution in [3.05, 3.63) is 35.4 Å². The van der Waals surface area contributed by atoms with Gasteiger partial charge in [0.2, 0.25) is 5.96 Å². The van der Waals surface area contributed by atoms with Crippen LogP contribution in [0, 0.1) is 5.41 Å². The van der Waals surface area contributed by atoms with Gasteiger partial charge in [-0.2, -0.15) is 0 Å². The van der Waals surface area contributed by atoms with Gasteiger partial charge in [-0.1, -0.05) is 24.3 Å². The van der Waals surface area contributed by atoms with Crippen molar-refractivity contribution < 1.29 is 23.9 Å². The molecular weight excluding hydrogens is 350 g/mol. The number of benzene rings is 1. The van der Waals surface area contributed by atoms with Crippen LogP contribution in [0.1, 0.15) is 57.5 Å². The molecule has 0 atom stereocenters. The first-order valence-corrected chi connectivity index (χ1v) is 8.44. The zero-order valence-electron chi connectivity index (χ0n) is 16.6. The van der Waals surface area contributed by atoms with Crippen LogP contribution in [0.4, 0.5) is 9.59 Å². The van der Waals surface area contributed by atoms with E-state index in [2.05, 4.69) is 5.32 Å². The highest BCUT2D eigenvalue weighted by atomic mass is 16.6. The molecule has 0 unspecified atom stereocenters. The van der Waals surface area contributed by atoms with E-state index in [1.54, 1.807) is 65.8 Å². The van der Waals surface area contributed by atoms with Gasteiger partial charge in [0.15, 0.2) is 0 Å². The molecule has 148 valence electrons. The minimum atomic E-state index is -0.850. The highest BCUT2D eigenvalue weighted by Crippen LogP contribution is 2.14. The van der Waals surface area contributed by atoms with Crippen LogP contribution in [0.3, 0.4) is 0 Å². The summed E-state index contributed by atoms with van der Waals surface area (Å²) in [6, 6.07) is 6.50. The van der Waals surface area contributed by atoms with Gasteiger partial charge in [0, 0.05) is 5.56 Å². The molecular formula is C19H27N3O5. The van der Waals surface area contributed by atoms with Gasteiger partial charge < -0.3 is 9.47 Å². The molecule has 1 aromatic rings. The van der Waals surface area contributed by atoms with Crippen LogP contribution < -0.4 is 5.32 Å². The number of alkyl carbamates (subject to hydrolysis) is 1. The third-order valence-corrected chi connectivity index (χ3v) is 2.96. The molecule has 0 saturated heterocycles. The Morgan fingerprint density at radius 2 is 1.56 bits per heavy atom. The molecule has 0 aliphatic carbocycles. The fraction of sp³-hybridized carbons (Fsp3) is 0.474. The molecule has 0 aliphatic rings. The van der Waals surface area contributed by atoms with Gasteiger partial charge in [-0.25, -0.2) is 14.5 Å². The molecule has 2 N–H and O–H groups in total. The lowest BCUT2D eigenvalue weighted by molar-refractivity contribution is 0.0346. The van der Waals surface area contributed by atoms with Gasteiger partial charge in [-0.3, -0.25) is 15.5 Å². The van der Waals surface area contributed by atoms with Crippen molar-refractivity contribution in [2.45, 2.75) is 59.3 Å². The van der Waals surface area contributed by atoms with Gasteiger partial charge in [0.1, 0.15) is 17.5 Å². The van der Waals surface area contributed by atoms with E-state index in [1.165, 1.54) is 0 Å². The second-order valence-electron chi connectivity index (χ2n) is 7.90. The third-order valence-electron chi connectivity index (χ3n) is 2.96. The highest BCUT2D eigenvalue weighted by molar-refractivity contribution is 5.99.